The van der Waals surface area contributed by atoms with Gasteiger partial charge in [0.2, 0.25) is 0 Å². The number of alkyl halides is 3. The van der Waals surface area contributed by atoms with Crippen molar-refractivity contribution in [2.75, 3.05) is 38.0 Å². The molecular formula is C20H23ClF3N3S. The van der Waals surface area contributed by atoms with Crippen LogP contribution in [-0.2, 0) is 12.6 Å². The van der Waals surface area contributed by atoms with Crippen molar-refractivity contribution in [2.24, 2.45) is 0 Å². The zero-order valence-corrected chi connectivity index (χ0v) is 16.9. The number of rotatable bonds is 4. The lowest BCUT2D eigenvalue weighted by molar-refractivity contribution is -0.138. The zero-order chi connectivity index (χ0) is 18.9. The number of nitrogens with zero attached hydrogens (tertiary/aromatic N) is 1. The Bertz CT molecular complexity index is 823. The Morgan fingerprint density at radius 1 is 1.00 bits per heavy atom. The molecule has 152 valence electrons. The maximum absolute atomic E-state index is 13.6. The molecule has 1 saturated heterocycles. The molecule has 0 unspecified atom stereocenters. The molecular weight excluding hydrogens is 407 g/mol. The molecule has 2 N–H and O–H groups in total. The largest absolute Gasteiger partial charge is 0.416 e. The summed E-state index contributed by atoms with van der Waals surface area (Å²) in [6.07, 6.45) is -3.17. The van der Waals surface area contributed by atoms with Crippen LogP contribution in [0, 0.1) is 0 Å². The molecule has 1 fully saturated rings. The standard InChI is InChI=1S/C20H22F3N3S.ClH/c21-20(22,23)15-13-17-19(27-18-6-2-1-5-16(18)25-17)12-14(15)4-3-9-26-10-7-24-8-11-26;/h1-2,5-6,12-13,24-25H,3-4,7-11H2;1H. The van der Waals surface area contributed by atoms with E-state index in [0.717, 1.165) is 54.6 Å². The van der Waals surface area contributed by atoms with Crippen LogP contribution in [0.4, 0.5) is 24.5 Å². The van der Waals surface area contributed by atoms with E-state index in [4.69, 9.17) is 0 Å². The van der Waals surface area contributed by atoms with Crippen molar-refractivity contribution >= 4 is 35.5 Å². The fourth-order valence-corrected chi connectivity index (χ4v) is 4.66. The second kappa shape index (κ2) is 8.95. The van der Waals surface area contributed by atoms with Gasteiger partial charge in [-0.25, -0.2) is 0 Å². The third-order valence-corrected chi connectivity index (χ3v) is 6.15. The molecule has 0 bridgehead atoms. The molecule has 2 aliphatic heterocycles. The maximum atomic E-state index is 13.6. The first-order valence-corrected chi connectivity index (χ1v) is 10.0. The van der Waals surface area contributed by atoms with Crippen LogP contribution in [0.2, 0.25) is 0 Å². The molecule has 2 aromatic rings. The molecule has 0 amide bonds. The normalized spacial score (nSPS) is 16.5. The molecule has 0 aromatic heterocycles. The molecule has 2 heterocycles. The monoisotopic (exact) mass is 429 g/mol. The Morgan fingerprint density at radius 3 is 2.50 bits per heavy atom. The first-order chi connectivity index (χ1) is 13.0. The van der Waals surface area contributed by atoms with Crippen LogP contribution >= 0.6 is 24.2 Å². The van der Waals surface area contributed by atoms with Crippen LogP contribution in [0.3, 0.4) is 0 Å². The van der Waals surface area contributed by atoms with Gasteiger partial charge in [0.05, 0.1) is 16.9 Å². The minimum atomic E-state index is -4.34. The summed E-state index contributed by atoms with van der Waals surface area (Å²) in [5.41, 5.74) is 1.27. The van der Waals surface area contributed by atoms with Crippen LogP contribution < -0.4 is 10.6 Å². The number of benzene rings is 2. The highest BCUT2D eigenvalue weighted by Gasteiger charge is 2.35. The van der Waals surface area contributed by atoms with E-state index in [1.54, 1.807) is 6.07 Å². The number of hydrogen-bond donors (Lipinski definition) is 2. The highest BCUT2D eigenvalue weighted by atomic mass is 35.5. The average Bonchev–Trinajstić information content (AvgIpc) is 2.66. The lowest BCUT2D eigenvalue weighted by Gasteiger charge is -2.27. The smallest absolute Gasteiger partial charge is 0.354 e. The van der Waals surface area contributed by atoms with Gasteiger partial charge in [0.25, 0.3) is 0 Å². The topological polar surface area (TPSA) is 27.3 Å². The molecule has 4 rings (SSSR count). The Kier molecular flexibility index (Phi) is 6.81. The van der Waals surface area contributed by atoms with E-state index in [1.807, 2.05) is 24.3 Å². The van der Waals surface area contributed by atoms with Crippen molar-refractivity contribution in [3.63, 3.8) is 0 Å². The number of aryl methyl sites for hydroxylation is 1. The SMILES string of the molecule is Cl.FC(F)(F)c1cc2c(cc1CCCN1CCNCC1)Sc1ccccc1N2. The number of halogens is 4. The fraction of sp³-hybridized carbons (Fsp3) is 0.400. The van der Waals surface area contributed by atoms with Crippen LogP contribution in [0.15, 0.2) is 46.2 Å². The molecule has 0 atom stereocenters. The molecule has 3 nitrogen and oxygen atoms in total. The van der Waals surface area contributed by atoms with Gasteiger partial charge in [-0.1, -0.05) is 23.9 Å². The molecule has 0 aliphatic carbocycles. The van der Waals surface area contributed by atoms with Gasteiger partial charge in [0.1, 0.15) is 0 Å². The van der Waals surface area contributed by atoms with E-state index in [0.29, 0.717) is 17.7 Å². The van der Waals surface area contributed by atoms with Gasteiger partial charge < -0.3 is 15.5 Å². The van der Waals surface area contributed by atoms with E-state index in [-0.39, 0.29) is 12.4 Å². The summed E-state index contributed by atoms with van der Waals surface area (Å²) in [7, 11) is 0. The predicted octanol–water partition coefficient (Wildman–Crippen LogP) is 5.17. The lowest BCUT2D eigenvalue weighted by Crippen LogP contribution is -2.43. The van der Waals surface area contributed by atoms with Gasteiger partial charge in [-0.3, -0.25) is 0 Å². The number of anilines is 2. The highest BCUT2D eigenvalue weighted by molar-refractivity contribution is 7.99. The third kappa shape index (κ3) is 4.76. The predicted molar refractivity (Wildman–Crippen MR) is 110 cm³/mol. The average molecular weight is 430 g/mol. The molecule has 28 heavy (non-hydrogen) atoms. The van der Waals surface area contributed by atoms with Crippen molar-refractivity contribution in [2.45, 2.75) is 28.8 Å². The zero-order valence-electron chi connectivity index (χ0n) is 15.3. The number of piperazine rings is 1. The van der Waals surface area contributed by atoms with Crippen molar-refractivity contribution in [3.05, 3.63) is 47.5 Å². The quantitative estimate of drug-likeness (QED) is 0.598. The summed E-state index contributed by atoms with van der Waals surface area (Å²) in [5, 5.41) is 6.45. The van der Waals surface area contributed by atoms with Gasteiger partial charge >= 0.3 is 6.18 Å². The molecule has 8 heteroatoms. The second-order valence-electron chi connectivity index (χ2n) is 6.92. The minimum absolute atomic E-state index is 0. The van der Waals surface area contributed by atoms with E-state index in [9.17, 15) is 13.2 Å². The Labute approximate surface area is 173 Å². The summed E-state index contributed by atoms with van der Waals surface area (Å²) in [6, 6.07) is 10.7. The van der Waals surface area contributed by atoms with Crippen LogP contribution in [0.5, 0.6) is 0 Å². The highest BCUT2D eigenvalue weighted by Crippen LogP contribution is 2.47. The summed E-state index contributed by atoms with van der Waals surface area (Å²) in [4.78, 5) is 4.21. The molecule has 2 aromatic carbocycles. The van der Waals surface area contributed by atoms with E-state index in [2.05, 4.69) is 15.5 Å². The number of fused-ring (bicyclic) bond motifs is 2. The molecule has 0 radical (unpaired) electrons. The van der Waals surface area contributed by atoms with Gasteiger partial charge in [0, 0.05) is 36.0 Å². The van der Waals surface area contributed by atoms with Gasteiger partial charge in [-0.15, -0.1) is 12.4 Å². The third-order valence-electron chi connectivity index (χ3n) is 5.02. The first kappa shape index (κ1) is 21.3. The summed E-state index contributed by atoms with van der Waals surface area (Å²) in [6.45, 7) is 4.67. The minimum Gasteiger partial charge on any atom is -0.354 e. The van der Waals surface area contributed by atoms with Crippen LogP contribution in [-0.4, -0.2) is 37.6 Å². The van der Waals surface area contributed by atoms with E-state index >= 15 is 0 Å². The fourth-order valence-electron chi connectivity index (χ4n) is 3.63. The van der Waals surface area contributed by atoms with E-state index in [1.165, 1.54) is 17.8 Å². The van der Waals surface area contributed by atoms with Gasteiger partial charge in [-0.2, -0.15) is 13.2 Å². The Hall–Kier alpha value is -1.41. The lowest BCUT2D eigenvalue weighted by atomic mass is 10.0. The maximum Gasteiger partial charge on any atom is 0.416 e. The second-order valence-corrected chi connectivity index (χ2v) is 8.01. The molecule has 0 spiro atoms. The summed E-state index contributed by atoms with van der Waals surface area (Å²) < 4.78 is 40.9. The number of para-hydroxylation sites is 1. The van der Waals surface area contributed by atoms with Gasteiger partial charge in [-0.05, 0) is 49.2 Å². The summed E-state index contributed by atoms with van der Waals surface area (Å²) >= 11 is 1.53. The van der Waals surface area contributed by atoms with E-state index < -0.39 is 11.7 Å². The van der Waals surface area contributed by atoms with Crippen molar-refractivity contribution < 1.29 is 13.2 Å². The Morgan fingerprint density at radius 2 is 1.75 bits per heavy atom. The van der Waals surface area contributed by atoms with Crippen LogP contribution in [0.25, 0.3) is 0 Å². The van der Waals surface area contributed by atoms with Crippen molar-refractivity contribution in [1.82, 2.24) is 10.2 Å². The van der Waals surface area contributed by atoms with Crippen molar-refractivity contribution in [3.8, 4) is 0 Å². The van der Waals surface area contributed by atoms with Gasteiger partial charge in [0.15, 0.2) is 0 Å². The van der Waals surface area contributed by atoms with Crippen LogP contribution in [0.1, 0.15) is 17.5 Å². The number of hydrogen-bond acceptors (Lipinski definition) is 4. The summed E-state index contributed by atoms with van der Waals surface area (Å²) in [5.74, 6) is 0. The number of nitrogens with one attached hydrogen (secondary N) is 2. The Balaban J connectivity index is 0.00000225. The molecule has 0 saturated carbocycles. The molecule has 2 aliphatic rings. The van der Waals surface area contributed by atoms with Crippen molar-refractivity contribution in [1.29, 1.82) is 0 Å². The first-order valence-electron chi connectivity index (χ1n) is 9.22.